The van der Waals surface area contributed by atoms with Gasteiger partial charge >= 0.3 is 0 Å². The molecule has 2 aromatic carbocycles. The van der Waals surface area contributed by atoms with E-state index in [2.05, 4.69) is 0 Å². The molecule has 2 aliphatic heterocycles. The van der Waals surface area contributed by atoms with Gasteiger partial charge in [0.1, 0.15) is 12.2 Å². The maximum absolute atomic E-state index is 6.07. The van der Waals surface area contributed by atoms with Gasteiger partial charge in [0, 0.05) is 18.2 Å². The Morgan fingerprint density at radius 1 is 0.792 bits per heavy atom. The van der Waals surface area contributed by atoms with E-state index in [1.165, 1.54) is 0 Å². The lowest BCUT2D eigenvalue weighted by molar-refractivity contribution is -0.400. The minimum atomic E-state index is -0.510. The molecule has 0 aliphatic carbocycles. The second kappa shape index (κ2) is 7.01. The lowest BCUT2D eigenvalue weighted by Crippen LogP contribution is -2.54. The number of rotatable bonds is 3. The Morgan fingerprint density at radius 3 is 2.04 bits per heavy atom. The molecule has 0 radical (unpaired) electrons. The zero-order valence-corrected chi connectivity index (χ0v) is 13.4. The summed E-state index contributed by atoms with van der Waals surface area (Å²) in [6.45, 7) is 0.427. The zero-order valence-electron chi connectivity index (χ0n) is 13.4. The number of ether oxygens (including phenoxy) is 5. The van der Waals surface area contributed by atoms with E-state index in [1.54, 1.807) is 7.11 Å². The monoisotopic (exact) mass is 328 g/mol. The minimum Gasteiger partial charge on any atom is -0.353 e. The van der Waals surface area contributed by atoms with Gasteiger partial charge in [-0.3, -0.25) is 0 Å². The van der Waals surface area contributed by atoms with E-state index in [9.17, 15) is 0 Å². The Bertz CT molecular complexity index is 639. The molecule has 2 aliphatic rings. The van der Waals surface area contributed by atoms with Crippen LogP contribution in [-0.2, 0) is 23.7 Å². The Morgan fingerprint density at radius 2 is 1.42 bits per heavy atom. The molecule has 4 rings (SSSR count). The summed E-state index contributed by atoms with van der Waals surface area (Å²) in [6.07, 6.45) is -2.02. The molecular formula is C19H20O5. The van der Waals surface area contributed by atoms with Crippen molar-refractivity contribution in [2.45, 2.75) is 31.1 Å². The van der Waals surface area contributed by atoms with Crippen molar-refractivity contribution in [2.24, 2.45) is 0 Å². The molecule has 0 bridgehead atoms. The highest BCUT2D eigenvalue weighted by Crippen LogP contribution is 2.37. The van der Waals surface area contributed by atoms with Gasteiger partial charge in [-0.1, -0.05) is 60.7 Å². The second-order valence-corrected chi connectivity index (χ2v) is 5.83. The van der Waals surface area contributed by atoms with Crippen molar-refractivity contribution in [1.29, 1.82) is 0 Å². The SMILES string of the molecule is COC1OC(c2ccccc2)OC2COC(c3ccccc3)OC21. The normalized spacial score (nSPS) is 33.0. The van der Waals surface area contributed by atoms with Crippen molar-refractivity contribution in [3.8, 4) is 0 Å². The van der Waals surface area contributed by atoms with Crippen molar-refractivity contribution < 1.29 is 23.7 Å². The number of fused-ring (bicyclic) bond motifs is 1. The van der Waals surface area contributed by atoms with Gasteiger partial charge in [-0.05, 0) is 0 Å². The largest absolute Gasteiger partial charge is 0.353 e. The summed E-state index contributed by atoms with van der Waals surface area (Å²) in [5.41, 5.74) is 1.92. The highest BCUT2D eigenvalue weighted by Gasteiger charge is 2.45. The quantitative estimate of drug-likeness (QED) is 0.866. The van der Waals surface area contributed by atoms with Crippen LogP contribution in [0.1, 0.15) is 23.7 Å². The van der Waals surface area contributed by atoms with Crippen LogP contribution in [-0.4, -0.2) is 32.2 Å². The fraction of sp³-hybridized carbons (Fsp3) is 0.368. The van der Waals surface area contributed by atoms with Crippen LogP contribution in [0.3, 0.4) is 0 Å². The van der Waals surface area contributed by atoms with Crippen LogP contribution >= 0.6 is 0 Å². The van der Waals surface area contributed by atoms with Crippen LogP contribution in [0.25, 0.3) is 0 Å². The Kier molecular flexibility index (Phi) is 4.60. The molecule has 0 spiro atoms. The van der Waals surface area contributed by atoms with Gasteiger partial charge in [0.05, 0.1) is 6.61 Å². The van der Waals surface area contributed by atoms with Gasteiger partial charge in [-0.25, -0.2) is 0 Å². The van der Waals surface area contributed by atoms with E-state index in [0.29, 0.717) is 6.61 Å². The second-order valence-electron chi connectivity index (χ2n) is 5.83. The average molecular weight is 328 g/mol. The van der Waals surface area contributed by atoms with Gasteiger partial charge in [-0.15, -0.1) is 0 Å². The van der Waals surface area contributed by atoms with E-state index in [0.717, 1.165) is 11.1 Å². The molecule has 5 nitrogen and oxygen atoms in total. The third kappa shape index (κ3) is 3.09. The van der Waals surface area contributed by atoms with Crippen LogP contribution in [0, 0.1) is 0 Å². The summed E-state index contributed by atoms with van der Waals surface area (Å²) in [6, 6.07) is 19.6. The standard InChI is InChI=1S/C19H20O5/c1-20-19-16-15(22-18(24-19)14-10-6-3-7-11-14)12-21-17(23-16)13-8-4-2-5-9-13/h2-11,15-19H,12H2,1H3. The van der Waals surface area contributed by atoms with Crippen molar-refractivity contribution in [3.63, 3.8) is 0 Å². The van der Waals surface area contributed by atoms with Gasteiger partial charge in [0.15, 0.2) is 18.9 Å². The molecule has 0 saturated carbocycles. The predicted octanol–water partition coefficient (Wildman–Crippen LogP) is 3.19. The molecule has 2 fully saturated rings. The minimum absolute atomic E-state index is 0.242. The smallest absolute Gasteiger partial charge is 0.189 e. The molecule has 5 heteroatoms. The zero-order chi connectivity index (χ0) is 16.4. The van der Waals surface area contributed by atoms with E-state index >= 15 is 0 Å². The summed E-state index contributed by atoms with van der Waals surface area (Å²) in [5.74, 6) is 0. The number of hydrogen-bond acceptors (Lipinski definition) is 5. The topological polar surface area (TPSA) is 46.2 Å². The van der Waals surface area contributed by atoms with E-state index in [4.69, 9.17) is 23.7 Å². The van der Waals surface area contributed by atoms with E-state index < -0.39 is 18.9 Å². The first-order chi connectivity index (χ1) is 11.8. The third-order valence-corrected chi connectivity index (χ3v) is 4.26. The summed E-state index contributed by atoms with van der Waals surface area (Å²) in [4.78, 5) is 0. The Balaban J connectivity index is 1.51. The molecule has 24 heavy (non-hydrogen) atoms. The molecule has 2 heterocycles. The fourth-order valence-electron chi connectivity index (χ4n) is 3.03. The van der Waals surface area contributed by atoms with Gasteiger partial charge in [-0.2, -0.15) is 0 Å². The molecule has 0 amide bonds. The number of hydrogen-bond donors (Lipinski definition) is 0. The van der Waals surface area contributed by atoms with Crippen LogP contribution in [0.2, 0.25) is 0 Å². The van der Waals surface area contributed by atoms with Crippen molar-refractivity contribution in [2.75, 3.05) is 13.7 Å². The Hall–Kier alpha value is -1.76. The lowest BCUT2D eigenvalue weighted by atomic mass is 10.1. The van der Waals surface area contributed by atoms with Gasteiger partial charge < -0.3 is 23.7 Å². The molecule has 0 aromatic heterocycles. The number of benzene rings is 2. The van der Waals surface area contributed by atoms with Crippen molar-refractivity contribution in [3.05, 3.63) is 71.8 Å². The molecule has 5 atom stereocenters. The highest BCUT2D eigenvalue weighted by molar-refractivity contribution is 5.18. The van der Waals surface area contributed by atoms with E-state index in [-0.39, 0.29) is 12.2 Å². The third-order valence-electron chi connectivity index (χ3n) is 4.26. The summed E-state index contributed by atoms with van der Waals surface area (Å²) >= 11 is 0. The predicted molar refractivity (Wildman–Crippen MR) is 85.9 cm³/mol. The average Bonchev–Trinajstić information content (AvgIpc) is 2.68. The molecule has 2 saturated heterocycles. The molecule has 0 N–H and O–H groups in total. The lowest BCUT2D eigenvalue weighted by Gasteiger charge is -2.45. The van der Waals surface area contributed by atoms with Crippen LogP contribution in [0.4, 0.5) is 0 Å². The highest BCUT2D eigenvalue weighted by atomic mass is 16.8. The Labute approximate surface area is 141 Å². The first kappa shape index (κ1) is 15.7. The first-order valence-electron chi connectivity index (χ1n) is 8.06. The van der Waals surface area contributed by atoms with Crippen LogP contribution in [0.5, 0.6) is 0 Å². The maximum Gasteiger partial charge on any atom is 0.189 e. The maximum atomic E-state index is 6.07. The van der Waals surface area contributed by atoms with Crippen molar-refractivity contribution >= 4 is 0 Å². The molecule has 126 valence electrons. The van der Waals surface area contributed by atoms with Crippen LogP contribution in [0.15, 0.2) is 60.7 Å². The van der Waals surface area contributed by atoms with E-state index in [1.807, 2.05) is 60.7 Å². The van der Waals surface area contributed by atoms with Crippen molar-refractivity contribution in [1.82, 2.24) is 0 Å². The molecule has 5 unspecified atom stereocenters. The fourth-order valence-corrected chi connectivity index (χ4v) is 3.03. The van der Waals surface area contributed by atoms with Gasteiger partial charge in [0.25, 0.3) is 0 Å². The number of methoxy groups -OCH3 is 1. The summed E-state index contributed by atoms with van der Waals surface area (Å²) < 4.78 is 29.4. The molecule has 2 aromatic rings. The molecular weight excluding hydrogens is 308 g/mol. The summed E-state index contributed by atoms with van der Waals surface area (Å²) in [7, 11) is 1.62. The first-order valence-corrected chi connectivity index (χ1v) is 8.06. The van der Waals surface area contributed by atoms with Gasteiger partial charge in [0.2, 0.25) is 0 Å². The summed E-state index contributed by atoms with van der Waals surface area (Å²) in [5, 5.41) is 0. The van der Waals surface area contributed by atoms with Crippen LogP contribution < -0.4 is 0 Å².